The second-order valence-corrected chi connectivity index (χ2v) is 14.8. The first kappa shape index (κ1) is 27.2. The minimum absolute atomic E-state index is 0.0613. The Bertz CT molecular complexity index is 1630. The van der Waals surface area contributed by atoms with Crippen molar-refractivity contribution in [1.29, 1.82) is 5.26 Å². The van der Waals surface area contributed by atoms with Gasteiger partial charge in [-0.3, -0.25) is 4.79 Å². The molecule has 3 aromatic rings. The normalized spacial score (nSPS) is 24.5. The number of carbonyl (C=O) groups excluding carboxylic acids is 1. The third-order valence-corrected chi connectivity index (χ3v) is 11.1. The number of rotatable bonds is 7. The number of anilines is 1. The number of sulfone groups is 1. The second kappa shape index (κ2) is 10.6. The predicted octanol–water partition coefficient (Wildman–Crippen LogP) is 5.57. The van der Waals surface area contributed by atoms with Crippen LogP contribution in [-0.2, 0) is 14.6 Å². The molecule has 1 aromatic heterocycles. The Morgan fingerprint density at radius 2 is 1.74 bits per heavy atom. The zero-order valence-corrected chi connectivity index (χ0v) is 24.5. The van der Waals surface area contributed by atoms with Gasteiger partial charge in [0.2, 0.25) is 11.8 Å². The van der Waals surface area contributed by atoms with E-state index in [4.69, 9.17) is 9.40 Å². The minimum atomic E-state index is -2.96. The second-order valence-electron chi connectivity index (χ2n) is 12.5. The van der Waals surface area contributed by atoms with Crippen LogP contribution in [0.2, 0.25) is 0 Å². The Balaban J connectivity index is 1.24. The Hall–Kier alpha value is -3.64. The van der Waals surface area contributed by atoms with E-state index in [0.717, 1.165) is 54.0 Å². The van der Waals surface area contributed by atoms with E-state index >= 15 is 0 Å². The van der Waals surface area contributed by atoms with Crippen LogP contribution in [0.4, 0.5) is 5.69 Å². The molecule has 42 heavy (non-hydrogen) atoms. The molecule has 9 heteroatoms. The number of amides is 1. The summed E-state index contributed by atoms with van der Waals surface area (Å²) in [6.45, 7) is 0.975. The molecule has 218 valence electrons. The quantitative estimate of drug-likeness (QED) is 0.386. The zero-order chi connectivity index (χ0) is 28.9. The zero-order valence-electron chi connectivity index (χ0n) is 23.7. The fourth-order valence-electron chi connectivity index (χ4n) is 6.53. The van der Waals surface area contributed by atoms with E-state index < -0.39 is 15.4 Å². The van der Waals surface area contributed by atoms with Gasteiger partial charge < -0.3 is 14.6 Å². The lowest BCUT2D eigenvalue weighted by Gasteiger charge is -2.30. The lowest BCUT2D eigenvalue weighted by molar-refractivity contribution is -0.127. The highest BCUT2D eigenvalue weighted by Gasteiger charge is 2.47. The van der Waals surface area contributed by atoms with E-state index in [9.17, 15) is 18.5 Å². The predicted molar refractivity (Wildman–Crippen MR) is 161 cm³/mol. The van der Waals surface area contributed by atoms with Gasteiger partial charge in [0.15, 0.2) is 9.84 Å². The Morgan fingerprint density at radius 3 is 2.43 bits per heavy atom. The van der Waals surface area contributed by atoms with Gasteiger partial charge in [-0.15, -0.1) is 0 Å². The van der Waals surface area contributed by atoms with Crippen LogP contribution >= 0.6 is 0 Å². The molecule has 4 aliphatic rings. The molecule has 2 aromatic carbocycles. The minimum Gasteiger partial charge on any atom is -0.440 e. The number of hydrogen-bond donors (Lipinski definition) is 1. The smallest absolute Gasteiger partial charge is 0.226 e. The number of aromatic nitrogens is 1. The van der Waals surface area contributed by atoms with E-state index in [2.05, 4.69) is 34.5 Å². The molecule has 0 unspecified atom stereocenters. The van der Waals surface area contributed by atoms with E-state index in [1.165, 1.54) is 18.4 Å². The first-order chi connectivity index (χ1) is 20.3. The lowest BCUT2D eigenvalue weighted by Crippen LogP contribution is -2.42. The molecule has 1 aliphatic heterocycles. The molecule has 0 spiro atoms. The summed E-state index contributed by atoms with van der Waals surface area (Å²) < 4.78 is 30.5. The SMILES string of the molecule is N#CC1(NC(=O)[C@@H]2CCCC[C@H]2c2oc(-c3cccc(C4CC4)c3)nc2-c2ccc(N3CCS(=O)(=O)CC3)cc2)CC1. The summed E-state index contributed by atoms with van der Waals surface area (Å²) in [5, 5.41) is 12.6. The Morgan fingerprint density at radius 1 is 1.00 bits per heavy atom. The van der Waals surface area contributed by atoms with Crippen molar-refractivity contribution in [2.75, 3.05) is 29.5 Å². The van der Waals surface area contributed by atoms with E-state index in [1.807, 2.05) is 30.3 Å². The van der Waals surface area contributed by atoms with Crippen molar-refractivity contribution < 1.29 is 17.6 Å². The van der Waals surface area contributed by atoms with Gasteiger partial charge in [0, 0.05) is 41.7 Å². The molecule has 1 saturated heterocycles. The van der Waals surface area contributed by atoms with Crippen LogP contribution < -0.4 is 10.2 Å². The van der Waals surface area contributed by atoms with Crippen LogP contribution in [-0.4, -0.2) is 49.4 Å². The van der Waals surface area contributed by atoms with Crippen molar-refractivity contribution in [3.63, 3.8) is 0 Å². The molecule has 1 amide bonds. The van der Waals surface area contributed by atoms with E-state index in [0.29, 0.717) is 37.7 Å². The fourth-order valence-corrected chi connectivity index (χ4v) is 7.73. The highest BCUT2D eigenvalue weighted by atomic mass is 32.2. The van der Waals surface area contributed by atoms with Crippen LogP contribution in [0.5, 0.6) is 0 Å². The molecule has 1 N–H and O–H groups in total. The third kappa shape index (κ3) is 5.45. The summed E-state index contributed by atoms with van der Waals surface area (Å²) in [6, 6.07) is 18.8. The topological polar surface area (TPSA) is 116 Å². The molecule has 2 heterocycles. The third-order valence-electron chi connectivity index (χ3n) is 9.45. The van der Waals surface area contributed by atoms with Gasteiger partial charge in [-0.2, -0.15) is 5.26 Å². The monoisotopic (exact) mass is 584 g/mol. The van der Waals surface area contributed by atoms with Gasteiger partial charge in [-0.05, 0) is 74.3 Å². The average molecular weight is 585 g/mol. The summed E-state index contributed by atoms with van der Waals surface area (Å²) >= 11 is 0. The molecule has 8 nitrogen and oxygen atoms in total. The number of benzene rings is 2. The summed E-state index contributed by atoms with van der Waals surface area (Å²) in [6.07, 6.45) is 7.38. The van der Waals surface area contributed by atoms with E-state index in [1.54, 1.807) is 0 Å². The maximum atomic E-state index is 13.5. The molecule has 0 bridgehead atoms. The van der Waals surface area contributed by atoms with Crippen LogP contribution in [0.25, 0.3) is 22.7 Å². The molecule has 4 fully saturated rings. The van der Waals surface area contributed by atoms with Crippen molar-refractivity contribution in [2.45, 2.75) is 68.7 Å². The molecular weight excluding hydrogens is 548 g/mol. The van der Waals surface area contributed by atoms with Crippen molar-refractivity contribution in [1.82, 2.24) is 10.3 Å². The lowest BCUT2D eigenvalue weighted by atomic mass is 9.76. The standard InChI is InChI=1S/C33H36N4O4S/c34-21-33(14-15-33)36-31(38)28-7-2-1-6-27(28)30-29(35-32(41-30)25-5-3-4-24(20-25)22-8-9-22)23-10-12-26(13-11-23)37-16-18-42(39,40)19-17-37/h3-5,10-13,20,22,27-28H,1-2,6-9,14-19H2,(H,36,38)/t27-,28-/m1/s1. The molecule has 0 radical (unpaired) electrons. The van der Waals surface area contributed by atoms with Crippen molar-refractivity contribution in [3.05, 3.63) is 59.9 Å². The van der Waals surface area contributed by atoms with Crippen LogP contribution in [0.1, 0.15) is 74.5 Å². The van der Waals surface area contributed by atoms with Gasteiger partial charge in [-0.1, -0.05) is 37.1 Å². The van der Waals surface area contributed by atoms with Gasteiger partial charge in [-0.25, -0.2) is 13.4 Å². The van der Waals surface area contributed by atoms with Crippen molar-refractivity contribution in [3.8, 4) is 28.8 Å². The number of oxazole rings is 1. The molecule has 3 saturated carbocycles. The molecule has 3 aliphatic carbocycles. The maximum absolute atomic E-state index is 13.5. The molecule has 2 atom stereocenters. The first-order valence-electron chi connectivity index (χ1n) is 15.2. The summed E-state index contributed by atoms with van der Waals surface area (Å²) in [5.74, 6) is 1.77. The molecule has 7 rings (SSSR count). The van der Waals surface area contributed by atoms with Crippen LogP contribution in [0.15, 0.2) is 52.9 Å². The number of carbonyl (C=O) groups is 1. The Kier molecular flexibility index (Phi) is 6.85. The number of nitrogens with zero attached hydrogens (tertiary/aromatic N) is 3. The number of hydrogen-bond acceptors (Lipinski definition) is 7. The fraction of sp³-hybridized carbons (Fsp3) is 0.485. The van der Waals surface area contributed by atoms with Gasteiger partial charge in [0.25, 0.3) is 0 Å². The summed E-state index contributed by atoms with van der Waals surface area (Å²) in [7, 11) is -2.96. The van der Waals surface area contributed by atoms with Gasteiger partial charge in [0.05, 0.1) is 17.6 Å². The largest absolute Gasteiger partial charge is 0.440 e. The van der Waals surface area contributed by atoms with Crippen molar-refractivity contribution >= 4 is 21.4 Å². The first-order valence-corrected chi connectivity index (χ1v) is 17.1. The van der Waals surface area contributed by atoms with Crippen molar-refractivity contribution in [2.24, 2.45) is 5.92 Å². The summed E-state index contributed by atoms with van der Waals surface area (Å²) in [5.41, 5.74) is 4.19. The molecular formula is C33H36N4O4S. The average Bonchev–Trinajstić information content (AvgIpc) is 3.95. The van der Waals surface area contributed by atoms with Gasteiger partial charge in [0.1, 0.15) is 17.0 Å². The van der Waals surface area contributed by atoms with Crippen LogP contribution in [0, 0.1) is 17.2 Å². The highest BCUT2D eigenvalue weighted by Crippen LogP contribution is 2.46. The van der Waals surface area contributed by atoms with Crippen LogP contribution in [0.3, 0.4) is 0 Å². The number of nitriles is 1. The highest BCUT2D eigenvalue weighted by molar-refractivity contribution is 7.91. The van der Waals surface area contributed by atoms with E-state index in [-0.39, 0.29) is 29.2 Å². The Labute approximate surface area is 247 Å². The maximum Gasteiger partial charge on any atom is 0.226 e. The van der Waals surface area contributed by atoms with Gasteiger partial charge >= 0.3 is 0 Å². The summed E-state index contributed by atoms with van der Waals surface area (Å²) in [4.78, 5) is 20.7. The number of nitrogens with one attached hydrogen (secondary N) is 1.